The normalized spacial score (nSPS) is 30.7. The van der Waals surface area contributed by atoms with Crippen LogP contribution < -0.4 is 17.2 Å². The molecule has 14 N–H and O–H groups in total. The summed E-state index contributed by atoms with van der Waals surface area (Å²) in [5.74, 6) is -0.169. The number of nitrogen functional groups attached to an aromatic ring is 3. The third-order valence-corrected chi connectivity index (χ3v) is 13.5. The third-order valence-electron chi connectivity index (χ3n) is 10.7. The number of nitrogens with two attached hydrogens (primary N) is 3. The summed E-state index contributed by atoms with van der Waals surface area (Å²) in [7, 11) is -15.9. The third kappa shape index (κ3) is 9.46. The Morgan fingerprint density at radius 2 is 0.956 bits per heavy atom. The number of imidazole rings is 3. The molecule has 0 radical (unpaired) electrons. The second-order valence-corrected chi connectivity index (χ2v) is 19.7. The number of fused-ring (bicyclic) bond motifs is 3. The fourth-order valence-corrected chi connectivity index (χ4v) is 10.1. The number of aliphatic hydroxyl groups is 4. The second kappa shape index (κ2) is 18.4. The van der Waals surface area contributed by atoms with Crippen LogP contribution in [0.3, 0.4) is 0 Å². The zero-order valence-corrected chi connectivity index (χ0v) is 38.1. The molecule has 0 bridgehead atoms. The topological polar surface area (TPSA) is 496 Å². The predicted molar refractivity (Wildman–Crippen MR) is 222 cm³/mol. The fraction of sp³-hybridized carbons (Fsp3) is 0.500. The SMILES string of the molecule is Nc1nc(Br)nc2c1ncn2[C@@H]1O[C@H](COP(=O)(O)O[C@@H]2[C@H](O)[C@@H](COP(=O)(O)O[C@@H]3[C@H](O)[C@@H](COP(=O)(O)O)O[C@H]3n3cnc4c(N)ncnc43)O[C@H]2n2cnc3c(N)ncnc32)[C@@H](O)[C@H]1O. The minimum atomic E-state index is -5.43. The van der Waals surface area contributed by atoms with Crippen LogP contribution in [0.15, 0.2) is 36.4 Å². The van der Waals surface area contributed by atoms with Crippen LogP contribution in [-0.2, 0) is 50.5 Å². The Balaban J connectivity index is 0.919. The van der Waals surface area contributed by atoms with Gasteiger partial charge in [0.1, 0.15) is 84.1 Å². The van der Waals surface area contributed by atoms with Gasteiger partial charge in [0.15, 0.2) is 53.1 Å². The highest BCUT2D eigenvalue weighted by molar-refractivity contribution is 9.10. The Morgan fingerprint density at radius 1 is 0.544 bits per heavy atom. The molecule has 9 heterocycles. The first-order valence-electron chi connectivity index (χ1n) is 19.3. The van der Waals surface area contributed by atoms with Gasteiger partial charge in [-0.2, -0.15) is 0 Å². The zero-order valence-electron chi connectivity index (χ0n) is 33.8. The Hall–Kier alpha value is -4.42. The number of hydrogen-bond acceptors (Lipinski definition) is 27. The molecule has 0 spiro atoms. The van der Waals surface area contributed by atoms with E-state index in [0.29, 0.717) is 0 Å². The Morgan fingerprint density at radius 3 is 1.43 bits per heavy atom. The number of ether oxygens (including phenoxy) is 3. The molecule has 9 rings (SSSR count). The van der Waals surface area contributed by atoms with Gasteiger partial charge in [-0.05, 0) is 15.9 Å². The zero-order chi connectivity index (χ0) is 48.6. The highest BCUT2D eigenvalue weighted by atomic mass is 79.9. The summed E-state index contributed by atoms with van der Waals surface area (Å²) in [6, 6.07) is 0. The van der Waals surface area contributed by atoms with Crippen molar-refractivity contribution in [1.29, 1.82) is 0 Å². The standard InChI is InChI=1S/C30H37BrN15O19P3/c31-30-42-23(34)14-26(43-30)46(8-41-14)27-18(50)15(47)9(61-27)2-59-67(54,55)65-20-17(49)11(63-29(20)45-7-40-13-22(33)36-5-38-25(13)45)3-60-68(56,57)64-19-16(48)10(1-58-66(51,52)53)62-28(19)44-6-39-12-21(32)35-4-37-24(12)44/h4-11,15-20,27-29,47-50H,1-3H2,(H,54,55)(H,56,57)(H2,32,35,37)(H2,33,36,38)(H2,34,42,43)(H2,51,52,53)/t9-,10-,11-,15-,16-,17-,18-,19-,20-,27-,28-,29-/m1/s1. The lowest BCUT2D eigenvalue weighted by molar-refractivity contribution is -0.0644. The van der Waals surface area contributed by atoms with Crippen molar-refractivity contribution in [2.75, 3.05) is 37.0 Å². The lowest BCUT2D eigenvalue weighted by atomic mass is 10.1. The average Bonchev–Trinajstić information content (AvgIpc) is 4.13. The van der Waals surface area contributed by atoms with E-state index in [-0.39, 0.29) is 55.7 Å². The van der Waals surface area contributed by atoms with Gasteiger partial charge in [-0.15, -0.1) is 0 Å². The summed E-state index contributed by atoms with van der Waals surface area (Å²) in [6.07, 6.45) is -15.0. The maximum absolute atomic E-state index is 13.7. The molecular formula is C30H37BrN15O19P3. The van der Waals surface area contributed by atoms with Gasteiger partial charge in [-0.1, -0.05) is 0 Å². The monoisotopic (exact) mass is 1080 g/mol. The minimum absolute atomic E-state index is 0.00429. The van der Waals surface area contributed by atoms with Gasteiger partial charge < -0.3 is 71.4 Å². The van der Waals surface area contributed by atoms with Gasteiger partial charge in [0, 0.05) is 0 Å². The van der Waals surface area contributed by atoms with Gasteiger partial charge >= 0.3 is 23.5 Å². The summed E-state index contributed by atoms with van der Waals surface area (Å²) < 4.78 is 85.6. The fourth-order valence-electron chi connectivity index (χ4n) is 7.57. The highest BCUT2D eigenvalue weighted by Gasteiger charge is 2.53. The largest absolute Gasteiger partial charge is 0.472 e. The molecule has 14 atom stereocenters. The summed E-state index contributed by atoms with van der Waals surface area (Å²) in [6.45, 7) is -2.87. The van der Waals surface area contributed by atoms with E-state index in [2.05, 4.69) is 65.3 Å². The number of phosphoric acid groups is 3. The molecule has 6 aromatic rings. The summed E-state index contributed by atoms with van der Waals surface area (Å²) >= 11 is 3.12. The van der Waals surface area contributed by atoms with Gasteiger partial charge in [-0.25, -0.2) is 58.6 Å². The van der Waals surface area contributed by atoms with Crippen molar-refractivity contribution >= 4 is 90.3 Å². The average molecular weight is 1080 g/mol. The lowest BCUT2D eigenvalue weighted by Crippen LogP contribution is -2.37. The predicted octanol–water partition coefficient (Wildman–Crippen LogP) is -2.74. The number of aliphatic hydroxyl groups excluding tert-OH is 4. The quantitative estimate of drug-likeness (QED) is 0.0346. The maximum Gasteiger partial charge on any atom is 0.472 e. The molecule has 368 valence electrons. The Labute approximate surface area is 385 Å². The van der Waals surface area contributed by atoms with Crippen molar-refractivity contribution < 1.29 is 90.5 Å². The van der Waals surface area contributed by atoms with E-state index in [1.165, 1.54) is 10.9 Å². The molecule has 2 unspecified atom stereocenters. The molecule has 68 heavy (non-hydrogen) atoms. The van der Waals surface area contributed by atoms with Crippen molar-refractivity contribution in [3.63, 3.8) is 0 Å². The Kier molecular flexibility index (Phi) is 13.1. The maximum atomic E-state index is 13.7. The second-order valence-electron chi connectivity index (χ2n) is 15.0. The van der Waals surface area contributed by atoms with Crippen LogP contribution >= 0.6 is 39.4 Å². The van der Waals surface area contributed by atoms with Crippen molar-refractivity contribution in [2.45, 2.75) is 73.6 Å². The number of halogens is 1. The molecular weight excluding hydrogens is 1050 g/mol. The van der Waals surface area contributed by atoms with E-state index in [0.717, 1.165) is 34.4 Å². The molecule has 0 amide bonds. The number of phosphoric ester groups is 3. The first-order valence-corrected chi connectivity index (χ1v) is 24.6. The van der Waals surface area contributed by atoms with Crippen molar-refractivity contribution in [2.24, 2.45) is 0 Å². The number of rotatable bonds is 16. The Bertz CT molecular complexity index is 3000. The van der Waals surface area contributed by atoms with E-state index < -0.39 is 117 Å². The van der Waals surface area contributed by atoms with Crippen LogP contribution in [0.2, 0.25) is 0 Å². The van der Waals surface area contributed by atoms with Crippen LogP contribution in [0, 0.1) is 0 Å². The van der Waals surface area contributed by atoms with Crippen LogP contribution in [0.4, 0.5) is 17.5 Å². The van der Waals surface area contributed by atoms with Crippen molar-refractivity contribution in [1.82, 2.24) is 58.6 Å². The van der Waals surface area contributed by atoms with E-state index in [9.17, 15) is 53.7 Å². The molecule has 0 aromatic carbocycles. The number of aromatic nitrogens is 12. The molecule has 6 aromatic heterocycles. The van der Waals surface area contributed by atoms with Crippen LogP contribution in [0.25, 0.3) is 33.5 Å². The van der Waals surface area contributed by atoms with Crippen LogP contribution in [0.1, 0.15) is 18.7 Å². The first-order chi connectivity index (χ1) is 32.1. The first kappa shape index (κ1) is 48.6. The molecule has 34 nitrogen and oxygen atoms in total. The lowest BCUT2D eigenvalue weighted by Gasteiger charge is -2.25. The smallest absolute Gasteiger partial charge is 0.387 e. The van der Waals surface area contributed by atoms with Gasteiger partial charge in [-0.3, -0.25) is 36.3 Å². The molecule has 38 heteroatoms. The number of nitrogens with zero attached hydrogens (tertiary/aromatic N) is 12. The molecule has 0 aliphatic carbocycles. The van der Waals surface area contributed by atoms with Gasteiger partial charge in [0.25, 0.3) is 0 Å². The molecule has 3 fully saturated rings. The highest BCUT2D eigenvalue weighted by Crippen LogP contribution is 2.53. The molecule has 3 saturated heterocycles. The van der Waals surface area contributed by atoms with Crippen LogP contribution in [0.5, 0.6) is 0 Å². The summed E-state index contributed by atoms with van der Waals surface area (Å²) in [5.41, 5.74) is 18.1. The van der Waals surface area contributed by atoms with E-state index >= 15 is 0 Å². The summed E-state index contributed by atoms with van der Waals surface area (Å²) in [5, 5.41) is 44.5. The van der Waals surface area contributed by atoms with Gasteiger partial charge in [0.2, 0.25) is 4.73 Å². The number of hydrogen-bond donors (Lipinski definition) is 11. The molecule has 0 saturated carbocycles. The van der Waals surface area contributed by atoms with Gasteiger partial charge in [0.05, 0.1) is 38.8 Å². The van der Waals surface area contributed by atoms with E-state index in [1.54, 1.807) is 0 Å². The summed E-state index contributed by atoms with van der Waals surface area (Å²) in [4.78, 5) is 77.0. The van der Waals surface area contributed by atoms with Crippen LogP contribution in [-0.4, -0.2) is 173 Å². The van der Waals surface area contributed by atoms with E-state index in [1.807, 2.05) is 0 Å². The molecule has 3 aliphatic rings. The number of anilines is 3. The minimum Gasteiger partial charge on any atom is -0.387 e. The van der Waals surface area contributed by atoms with E-state index in [4.69, 9.17) is 49.5 Å². The molecule has 3 aliphatic heterocycles. The van der Waals surface area contributed by atoms with Crippen molar-refractivity contribution in [3.05, 3.63) is 36.4 Å². The van der Waals surface area contributed by atoms with Crippen molar-refractivity contribution in [3.8, 4) is 0 Å².